The Morgan fingerprint density at radius 3 is 2.83 bits per heavy atom. The van der Waals surface area contributed by atoms with Crippen LogP contribution < -0.4 is 3.53 Å². The van der Waals surface area contributed by atoms with Crippen molar-refractivity contribution in [2.24, 2.45) is 0 Å². The molecule has 0 aliphatic carbocycles. The third-order valence-electron chi connectivity index (χ3n) is 0.498. The molecule has 0 aliphatic rings. The fourth-order valence-electron chi connectivity index (χ4n) is 0.265. The van der Waals surface area contributed by atoms with Crippen molar-refractivity contribution in [3.05, 3.63) is 12.4 Å². The van der Waals surface area contributed by atoms with E-state index >= 15 is 0 Å². The predicted molar refractivity (Wildman–Crippen MR) is 18.2 cm³/mol. The van der Waals surface area contributed by atoms with Crippen LogP contribution in [0.2, 0.25) is 0 Å². The Morgan fingerprint density at radius 1 is 1.83 bits per heavy atom. The van der Waals surface area contributed by atoms with Gasteiger partial charge in [-0.05, 0) is 0 Å². The summed E-state index contributed by atoms with van der Waals surface area (Å²) in [6.07, 6.45) is 3.58. The van der Waals surface area contributed by atoms with Crippen LogP contribution in [0.4, 0.5) is 0 Å². The Labute approximate surface area is 50.8 Å². The molecule has 3 heteroatoms. The summed E-state index contributed by atoms with van der Waals surface area (Å²) in [4.78, 5) is 6.83. The molecule has 0 unspecified atom stereocenters. The van der Waals surface area contributed by atoms with E-state index in [1.165, 1.54) is 24.7 Å². The summed E-state index contributed by atoms with van der Waals surface area (Å²) >= 11 is 1.34. The number of hydrogen-bond donors (Lipinski definition) is 1. The second kappa shape index (κ2) is 1.70. The van der Waals surface area contributed by atoms with Gasteiger partial charge in [-0.1, -0.05) is 0 Å². The molecule has 0 spiro atoms. The molecule has 0 bridgehead atoms. The maximum absolute atomic E-state index is 3.90. The number of nitrogens with one attached hydrogen (secondary N) is 1. The van der Waals surface area contributed by atoms with Gasteiger partial charge in [0.25, 0.3) is 0 Å². The maximum atomic E-state index is 3.90. The van der Waals surface area contributed by atoms with Crippen molar-refractivity contribution in [2.75, 3.05) is 0 Å². The van der Waals surface area contributed by atoms with Crippen LogP contribution in [0.3, 0.4) is 0 Å². The first-order valence-electron chi connectivity index (χ1n) is 1.60. The van der Waals surface area contributed by atoms with Gasteiger partial charge in [0, 0.05) is 0 Å². The first-order chi connectivity index (χ1) is 2.89. The molecular weight excluding hydrogens is 155 g/mol. The number of hydrogen-bond acceptors (Lipinski definition) is 1. The normalized spacial score (nSPS) is 8.50. The van der Waals surface area contributed by atoms with Crippen LogP contribution in [0.5, 0.6) is 0 Å². The minimum absolute atomic E-state index is 1.06. The molecule has 0 aromatic carbocycles. The second-order valence-electron chi connectivity index (χ2n) is 0.938. The number of imidazole rings is 1. The third kappa shape index (κ3) is 0.778. The molecule has 1 aromatic heterocycles. The van der Waals surface area contributed by atoms with Gasteiger partial charge in [-0.2, -0.15) is 0 Å². The average Bonchev–Trinajstić information content (AvgIpc) is 1.86. The number of aromatic amines is 1. The summed E-state index contributed by atoms with van der Waals surface area (Å²) in [6.45, 7) is 0. The van der Waals surface area contributed by atoms with E-state index in [2.05, 4.69) is 9.97 Å². The molecule has 0 fully saturated rings. The van der Waals surface area contributed by atoms with Gasteiger partial charge in [-0.3, -0.25) is 0 Å². The quantitative estimate of drug-likeness (QED) is 0.546. The second-order valence-corrected chi connectivity index (χ2v) is 2.10. The van der Waals surface area contributed by atoms with E-state index in [-0.39, 0.29) is 0 Å². The molecule has 0 atom stereocenters. The fourth-order valence-corrected chi connectivity index (χ4v) is 0.653. The van der Waals surface area contributed by atoms with Crippen LogP contribution in [0.15, 0.2) is 12.4 Å². The average molecular weight is 158 g/mol. The van der Waals surface area contributed by atoms with Gasteiger partial charge in [-0.15, -0.1) is 0 Å². The Kier molecular flexibility index (Phi) is 1.20. The van der Waals surface area contributed by atoms with Crippen LogP contribution in [0, 0.1) is 0 Å². The van der Waals surface area contributed by atoms with Gasteiger partial charge < -0.3 is 0 Å². The first kappa shape index (κ1) is 4.26. The van der Waals surface area contributed by atoms with E-state index in [1.54, 1.807) is 6.20 Å². The Hall–Kier alpha value is 0.0931. The van der Waals surface area contributed by atoms with E-state index in [1.807, 2.05) is 6.20 Å². The summed E-state index contributed by atoms with van der Waals surface area (Å²) in [5.41, 5.74) is 0. The van der Waals surface area contributed by atoms with Crippen molar-refractivity contribution in [1.82, 2.24) is 9.97 Å². The summed E-state index contributed by atoms with van der Waals surface area (Å²) in [6, 6.07) is 0. The monoisotopic (exact) mass is 157 g/mol. The third-order valence-corrected chi connectivity index (χ3v) is 1.17. The van der Waals surface area contributed by atoms with E-state index in [4.69, 9.17) is 0 Å². The predicted octanol–water partition coefficient (Wildman–Crippen LogP) is -0.418. The first-order valence-corrected chi connectivity index (χ1v) is 2.83. The number of H-pyrrole nitrogens is 1. The molecule has 1 aromatic rings. The molecular formula is C3H3N2Zr. The Balaban J connectivity index is 3.05. The summed E-state index contributed by atoms with van der Waals surface area (Å²) in [5, 5.41) is 0. The standard InChI is InChI=1S/C3H3N2.Zr/c1-2-5-3-4-1;/h1-2H,(H,4,5);. The number of aromatic nitrogens is 2. The van der Waals surface area contributed by atoms with Crippen molar-refractivity contribution in [2.45, 2.75) is 0 Å². The molecule has 0 saturated heterocycles. The van der Waals surface area contributed by atoms with Crippen LogP contribution in [-0.2, 0) is 24.7 Å². The van der Waals surface area contributed by atoms with E-state index in [0.29, 0.717) is 0 Å². The van der Waals surface area contributed by atoms with Gasteiger partial charge in [0.1, 0.15) is 0 Å². The van der Waals surface area contributed by atoms with Gasteiger partial charge in [0.15, 0.2) is 0 Å². The molecule has 6 heavy (non-hydrogen) atoms. The fraction of sp³-hybridized carbons (Fsp3) is 0. The zero-order valence-corrected chi connectivity index (χ0v) is 5.56. The summed E-state index contributed by atoms with van der Waals surface area (Å²) < 4.78 is 1.06. The van der Waals surface area contributed by atoms with Crippen LogP contribution in [0.25, 0.3) is 0 Å². The zero-order chi connectivity index (χ0) is 4.41. The molecule has 0 radical (unpaired) electrons. The molecule has 2 nitrogen and oxygen atoms in total. The Morgan fingerprint density at radius 2 is 2.67 bits per heavy atom. The van der Waals surface area contributed by atoms with Crippen LogP contribution >= 0.6 is 0 Å². The number of rotatable bonds is 0. The zero-order valence-electron chi connectivity index (χ0n) is 3.10. The molecule has 1 rings (SSSR count). The van der Waals surface area contributed by atoms with E-state index in [0.717, 1.165) is 3.53 Å². The van der Waals surface area contributed by atoms with E-state index < -0.39 is 0 Å². The minimum atomic E-state index is 1.06. The van der Waals surface area contributed by atoms with Crippen molar-refractivity contribution in [3.8, 4) is 0 Å². The van der Waals surface area contributed by atoms with Crippen LogP contribution in [-0.4, -0.2) is 9.97 Å². The summed E-state index contributed by atoms with van der Waals surface area (Å²) in [5.74, 6) is 0. The van der Waals surface area contributed by atoms with Gasteiger partial charge in [0.05, 0.1) is 0 Å². The van der Waals surface area contributed by atoms with Crippen molar-refractivity contribution < 1.29 is 24.7 Å². The van der Waals surface area contributed by atoms with E-state index in [9.17, 15) is 0 Å². The molecule has 29 valence electrons. The van der Waals surface area contributed by atoms with Crippen LogP contribution in [0.1, 0.15) is 0 Å². The molecule has 0 aliphatic heterocycles. The molecule has 1 N–H and O–H groups in total. The SMILES string of the molecule is [Zr][c]1ncc[nH]1. The molecule has 1 heterocycles. The van der Waals surface area contributed by atoms with Crippen molar-refractivity contribution >= 4 is 3.53 Å². The topological polar surface area (TPSA) is 28.7 Å². The molecule has 0 saturated carbocycles. The van der Waals surface area contributed by atoms with Crippen molar-refractivity contribution in [3.63, 3.8) is 0 Å². The number of nitrogens with zero attached hydrogens (tertiary/aromatic N) is 1. The van der Waals surface area contributed by atoms with Gasteiger partial charge in [0.2, 0.25) is 0 Å². The summed E-state index contributed by atoms with van der Waals surface area (Å²) in [7, 11) is 0. The van der Waals surface area contributed by atoms with Gasteiger partial charge >= 0.3 is 50.6 Å². The Bertz CT molecular complexity index is 112. The van der Waals surface area contributed by atoms with Gasteiger partial charge in [-0.25, -0.2) is 0 Å². The molecule has 0 amide bonds. The van der Waals surface area contributed by atoms with Crippen molar-refractivity contribution in [1.29, 1.82) is 0 Å².